The molecule has 1 heterocycles. The van der Waals surface area contributed by atoms with Gasteiger partial charge in [-0.15, -0.1) is 0 Å². The second-order valence-corrected chi connectivity index (χ2v) is 9.83. The van der Waals surface area contributed by atoms with Crippen LogP contribution in [-0.4, -0.2) is 45.1 Å². The van der Waals surface area contributed by atoms with Crippen molar-refractivity contribution in [3.63, 3.8) is 0 Å². The van der Waals surface area contributed by atoms with Gasteiger partial charge in [-0.3, -0.25) is 13.9 Å². The molecular weight excluding hydrogens is 402 g/mol. The van der Waals surface area contributed by atoms with Crippen LogP contribution in [0.1, 0.15) is 34.3 Å². The van der Waals surface area contributed by atoms with Gasteiger partial charge >= 0.3 is 0 Å². The van der Waals surface area contributed by atoms with E-state index < -0.39 is 16.1 Å². The summed E-state index contributed by atoms with van der Waals surface area (Å²) in [5.74, 6) is -0.526. The highest BCUT2D eigenvalue weighted by molar-refractivity contribution is 7.92. The highest BCUT2D eigenvalue weighted by atomic mass is 32.2. The fraction of sp³-hybridized carbons (Fsp3) is 0.364. The molecule has 2 aromatic carbocycles. The van der Waals surface area contributed by atoms with Gasteiger partial charge in [0.15, 0.2) is 0 Å². The molecule has 8 heteroatoms. The van der Waals surface area contributed by atoms with Gasteiger partial charge in [0.1, 0.15) is 6.04 Å². The Labute approximate surface area is 176 Å². The number of benzene rings is 2. The maximum Gasteiger partial charge on any atom is 0.251 e. The molecule has 7 nitrogen and oxygen atoms in total. The lowest BCUT2D eigenvalue weighted by Crippen LogP contribution is -2.48. The predicted molar refractivity (Wildman–Crippen MR) is 115 cm³/mol. The first-order valence-corrected chi connectivity index (χ1v) is 11.9. The first-order valence-electron chi connectivity index (χ1n) is 10.1. The topological polar surface area (TPSA) is 95.6 Å². The summed E-state index contributed by atoms with van der Waals surface area (Å²) in [6.45, 7) is 0.375. The molecule has 2 N–H and O–H groups in total. The van der Waals surface area contributed by atoms with Crippen molar-refractivity contribution in [3.8, 4) is 0 Å². The highest BCUT2D eigenvalue weighted by Gasteiger charge is 2.30. The molecule has 2 aromatic rings. The summed E-state index contributed by atoms with van der Waals surface area (Å²) in [6.07, 6.45) is 4.07. The van der Waals surface area contributed by atoms with Crippen molar-refractivity contribution < 1.29 is 18.0 Å². The van der Waals surface area contributed by atoms with Crippen molar-refractivity contribution in [2.75, 3.05) is 17.1 Å². The Morgan fingerprint density at radius 1 is 1.13 bits per heavy atom. The number of carbonyl (C=O) groups excluding carboxylic acids is 2. The number of hydrogen-bond acceptors (Lipinski definition) is 4. The van der Waals surface area contributed by atoms with Crippen LogP contribution in [0.3, 0.4) is 0 Å². The third-order valence-corrected chi connectivity index (χ3v) is 6.60. The maximum absolute atomic E-state index is 12.9. The maximum atomic E-state index is 12.9. The summed E-state index contributed by atoms with van der Waals surface area (Å²) < 4.78 is 25.2. The number of rotatable bonds is 7. The summed E-state index contributed by atoms with van der Waals surface area (Å²) in [7, 11) is -3.34. The quantitative estimate of drug-likeness (QED) is 0.702. The Hall–Kier alpha value is -2.87. The predicted octanol–water partition coefficient (Wildman–Crippen LogP) is 1.63. The van der Waals surface area contributed by atoms with Gasteiger partial charge in [0.2, 0.25) is 15.9 Å². The molecule has 0 bridgehead atoms. The molecule has 1 aliphatic carbocycles. The fourth-order valence-corrected chi connectivity index (χ4v) is 4.65. The molecule has 0 spiro atoms. The molecule has 2 amide bonds. The van der Waals surface area contributed by atoms with E-state index in [1.165, 1.54) is 10.6 Å². The van der Waals surface area contributed by atoms with Crippen LogP contribution in [0.2, 0.25) is 0 Å². The average molecular weight is 428 g/mol. The minimum Gasteiger partial charge on any atom is -0.352 e. The molecule has 1 saturated carbocycles. The van der Waals surface area contributed by atoms with E-state index in [9.17, 15) is 18.0 Å². The van der Waals surface area contributed by atoms with Crippen molar-refractivity contribution in [1.82, 2.24) is 10.6 Å². The lowest BCUT2D eigenvalue weighted by molar-refractivity contribution is -0.123. The van der Waals surface area contributed by atoms with Crippen molar-refractivity contribution >= 4 is 27.5 Å². The minimum absolute atomic E-state index is 0.181. The van der Waals surface area contributed by atoms with Crippen LogP contribution < -0.4 is 14.9 Å². The van der Waals surface area contributed by atoms with Crippen molar-refractivity contribution in [2.45, 2.75) is 37.8 Å². The van der Waals surface area contributed by atoms with Crippen LogP contribution in [-0.2, 0) is 27.7 Å². The summed E-state index contributed by atoms with van der Waals surface area (Å²) >= 11 is 0. The van der Waals surface area contributed by atoms with E-state index in [0.717, 1.165) is 24.0 Å². The SMILES string of the molecule is CS(=O)(=O)N1CCc2cc(C(=O)NC(Cc3ccccc3)C(=O)NC3CC3)ccc21. The second-order valence-electron chi connectivity index (χ2n) is 7.93. The van der Waals surface area contributed by atoms with E-state index in [0.29, 0.717) is 30.6 Å². The van der Waals surface area contributed by atoms with Crippen LogP contribution >= 0.6 is 0 Å². The first kappa shape index (κ1) is 20.4. The van der Waals surface area contributed by atoms with Crippen LogP contribution in [0.5, 0.6) is 0 Å². The molecule has 2 aliphatic rings. The lowest BCUT2D eigenvalue weighted by Gasteiger charge is -2.19. The van der Waals surface area contributed by atoms with Crippen LogP contribution in [0.15, 0.2) is 48.5 Å². The smallest absolute Gasteiger partial charge is 0.251 e. The minimum atomic E-state index is -3.34. The number of hydrogen-bond donors (Lipinski definition) is 2. The number of sulfonamides is 1. The third kappa shape index (κ3) is 4.64. The number of nitrogens with zero attached hydrogens (tertiary/aromatic N) is 1. The van der Waals surface area contributed by atoms with Crippen LogP contribution in [0.4, 0.5) is 5.69 Å². The Kier molecular flexibility index (Phi) is 5.51. The monoisotopic (exact) mass is 427 g/mol. The largest absolute Gasteiger partial charge is 0.352 e. The molecule has 4 rings (SSSR count). The Morgan fingerprint density at radius 2 is 1.87 bits per heavy atom. The summed E-state index contributed by atoms with van der Waals surface area (Å²) in [6, 6.07) is 14.1. The van der Waals surface area contributed by atoms with E-state index in [-0.39, 0.29) is 17.9 Å². The molecule has 0 saturated heterocycles. The molecule has 1 atom stereocenters. The highest BCUT2D eigenvalue weighted by Crippen LogP contribution is 2.30. The van der Waals surface area contributed by atoms with E-state index in [4.69, 9.17) is 0 Å². The number of anilines is 1. The van der Waals surface area contributed by atoms with E-state index >= 15 is 0 Å². The van der Waals surface area contributed by atoms with Crippen molar-refractivity contribution in [3.05, 3.63) is 65.2 Å². The van der Waals surface area contributed by atoms with Gasteiger partial charge in [0, 0.05) is 24.6 Å². The van der Waals surface area contributed by atoms with Crippen LogP contribution in [0, 0.1) is 0 Å². The standard InChI is InChI=1S/C22H25N3O4S/c1-30(28,29)25-12-11-16-14-17(7-10-20(16)25)21(26)24-19(22(27)23-18-8-9-18)13-15-5-3-2-4-6-15/h2-7,10,14,18-19H,8-9,11-13H2,1H3,(H,23,27)(H,24,26). The Balaban J connectivity index is 1.51. The lowest BCUT2D eigenvalue weighted by atomic mass is 10.0. The Morgan fingerprint density at radius 3 is 2.53 bits per heavy atom. The molecule has 1 fully saturated rings. The second kappa shape index (κ2) is 8.10. The van der Waals surface area contributed by atoms with Gasteiger partial charge in [0.05, 0.1) is 11.9 Å². The van der Waals surface area contributed by atoms with E-state index in [1.807, 2.05) is 30.3 Å². The molecule has 0 radical (unpaired) electrons. The third-order valence-electron chi connectivity index (χ3n) is 5.42. The zero-order valence-corrected chi connectivity index (χ0v) is 17.6. The fourth-order valence-electron chi connectivity index (χ4n) is 3.69. The molecule has 1 aliphatic heterocycles. The van der Waals surface area contributed by atoms with Gasteiger partial charge < -0.3 is 10.6 Å². The summed E-state index contributed by atoms with van der Waals surface area (Å²) in [5.41, 5.74) is 2.81. The number of fused-ring (bicyclic) bond motifs is 1. The first-order chi connectivity index (χ1) is 14.3. The zero-order valence-electron chi connectivity index (χ0n) is 16.8. The number of nitrogens with one attached hydrogen (secondary N) is 2. The van der Waals surface area contributed by atoms with Gasteiger partial charge in [-0.05, 0) is 48.6 Å². The van der Waals surface area contributed by atoms with Crippen LogP contribution in [0.25, 0.3) is 0 Å². The molecule has 1 unspecified atom stereocenters. The van der Waals surface area contributed by atoms with Crippen molar-refractivity contribution in [1.29, 1.82) is 0 Å². The summed E-state index contributed by atoms with van der Waals surface area (Å²) in [5, 5.41) is 5.83. The zero-order chi connectivity index (χ0) is 21.3. The number of carbonyl (C=O) groups is 2. The van der Waals surface area contributed by atoms with E-state index in [2.05, 4.69) is 10.6 Å². The molecule has 30 heavy (non-hydrogen) atoms. The molecule has 158 valence electrons. The normalized spacial score (nSPS) is 16.6. The average Bonchev–Trinajstić information content (AvgIpc) is 3.41. The van der Waals surface area contributed by atoms with Crippen molar-refractivity contribution in [2.24, 2.45) is 0 Å². The summed E-state index contributed by atoms with van der Waals surface area (Å²) in [4.78, 5) is 25.6. The van der Waals surface area contributed by atoms with E-state index in [1.54, 1.807) is 18.2 Å². The molecular formula is C22H25N3O4S. The van der Waals surface area contributed by atoms with Gasteiger partial charge in [-0.25, -0.2) is 8.42 Å². The Bertz CT molecular complexity index is 1070. The molecule has 0 aromatic heterocycles. The van der Waals surface area contributed by atoms with Gasteiger partial charge in [0.25, 0.3) is 5.91 Å². The van der Waals surface area contributed by atoms with Gasteiger partial charge in [-0.2, -0.15) is 0 Å². The van der Waals surface area contributed by atoms with Gasteiger partial charge in [-0.1, -0.05) is 30.3 Å². The number of amides is 2.